The van der Waals surface area contributed by atoms with Gasteiger partial charge in [-0.2, -0.15) is 0 Å². The molecule has 2 unspecified atom stereocenters. The molecule has 32 heavy (non-hydrogen) atoms. The number of hydrogen-bond donors (Lipinski definition) is 2. The lowest BCUT2D eigenvalue weighted by atomic mass is 9.69. The first-order valence-electron chi connectivity index (χ1n) is 10.9. The number of para-hydroxylation sites is 1. The van der Waals surface area contributed by atoms with Crippen molar-refractivity contribution >= 4 is 5.97 Å². The minimum Gasteiger partial charge on any atom is -0.493 e. The minimum absolute atomic E-state index is 0.241. The number of hydrogen-bond acceptors (Lipinski definition) is 5. The van der Waals surface area contributed by atoms with Crippen LogP contribution in [0, 0.1) is 17.7 Å². The van der Waals surface area contributed by atoms with E-state index in [1.807, 2.05) is 0 Å². The van der Waals surface area contributed by atoms with E-state index < -0.39 is 17.5 Å². The van der Waals surface area contributed by atoms with Crippen LogP contribution in [-0.2, 0) is 16.8 Å². The van der Waals surface area contributed by atoms with Gasteiger partial charge in [-0.05, 0) is 69.0 Å². The second-order valence-electron chi connectivity index (χ2n) is 8.42. The van der Waals surface area contributed by atoms with Gasteiger partial charge in [-0.1, -0.05) is 24.3 Å². The van der Waals surface area contributed by atoms with Crippen molar-refractivity contribution in [2.45, 2.75) is 31.8 Å². The van der Waals surface area contributed by atoms with Crippen LogP contribution in [0.2, 0.25) is 0 Å². The third-order valence-electron chi connectivity index (χ3n) is 6.70. The first-order valence-corrected chi connectivity index (χ1v) is 10.9. The minimum atomic E-state index is -1.60. The van der Waals surface area contributed by atoms with E-state index in [0.29, 0.717) is 29.9 Å². The molecule has 3 rings (SSSR count). The first kappa shape index (κ1) is 24.0. The number of benzene rings is 2. The number of aliphatic carboxylic acids is 1. The summed E-state index contributed by atoms with van der Waals surface area (Å²) in [7, 11) is 3.01. The van der Waals surface area contributed by atoms with Crippen LogP contribution in [0.4, 0.5) is 4.39 Å². The zero-order valence-corrected chi connectivity index (χ0v) is 18.9. The monoisotopic (exact) mass is 445 g/mol. The average Bonchev–Trinajstić information content (AvgIpc) is 2.82. The highest BCUT2D eigenvalue weighted by atomic mass is 19.1. The van der Waals surface area contributed by atoms with Crippen molar-refractivity contribution in [1.29, 1.82) is 0 Å². The Labute approximate surface area is 188 Å². The van der Waals surface area contributed by atoms with Crippen molar-refractivity contribution in [3.63, 3.8) is 0 Å². The van der Waals surface area contributed by atoms with E-state index in [1.54, 1.807) is 37.3 Å². The zero-order chi connectivity index (χ0) is 23.3. The highest BCUT2D eigenvalue weighted by Gasteiger charge is 2.49. The van der Waals surface area contributed by atoms with Crippen LogP contribution in [0.1, 0.15) is 30.9 Å². The molecule has 2 aromatic rings. The molecule has 1 aliphatic heterocycles. The molecule has 1 saturated heterocycles. The molecule has 2 N–H and O–H groups in total. The number of ether oxygens (including phenoxy) is 2. The van der Waals surface area contributed by atoms with E-state index in [4.69, 9.17) is 9.47 Å². The summed E-state index contributed by atoms with van der Waals surface area (Å²) in [5.74, 6) is -1.76. The number of carbonyl (C=O) groups is 1. The number of carboxylic acid groups (broad SMARTS) is 1. The molecule has 7 heteroatoms. The molecule has 1 fully saturated rings. The third-order valence-corrected chi connectivity index (χ3v) is 6.70. The lowest BCUT2D eigenvalue weighted by molar-refractivity contribution is -0.160. The predicted molar refractivity (Wildman–Crippen MR) is 120 cm³/mol. The maximum absolute atomic E-state index is 13.1. The lowest BCUT2D eigenvalue weighted by Crippen LogP contribution is -2.49. The van der Waals surface area contributed by atoms with Crippen LogP contribution in [0.5, 0.6) is 11.5 Å². The molecular weight excluding hydrogens is 413 g/mol. The Hall–Kier alpha value is -2.64. The Morgan fingerprint density at radius 1 is 1.16 bits per heavy atom. The van der Waals surface area contributed by atoms with Crippen molar-refractivity contribution < 1.29 is 28.9 Å². The molecule has 0 bridgehead atoms. The molecule has 0 radical (unpaired) electrons. The van der Waals surface area contributed by atoms with Gasteiger partial charge in [0.15, 0.2) is 11.5 Å². The fourth-order valence-electron chi connectivity index (χ4n) is 4.73. The molecule has 0 aliphatic carbocycles. The molecule has 0 spiro atoms. The molecule has 2 atom stereocenters. The van der Waals surface area contributed by atoms with E-state index in [-0.39, 0.29) is 11.7 Å². The Morgan fingerprint density at radius 2 is 1.81 bits per heavy atom. The van der Waals surface area contributed by atoms with Gasteiger partial charge in [0, 0.05) is 12.1 Å². The number of aliphatic hydroxyl groups is 1. The van der Waals surface area contributed by atoms with Gasteiger partial charge in [0.25, 0.3) is 0 Å². The molecule has 1 heterocycles. The smallest absolute Gasteiger partial charge is 0.309 e. The highest BCUT2D eigenvalue weighted by Crippen LogP contribution is 2.48. The predicted octanol–water partition coefficient (Wildman–Crippen LogP) is 3.71. The van der Waals surface area contributed by atoms with Crippen molar-refractivity contribution in [3.8, 4) is 11.5 Å². The maximum Gasteiger partial charge on any atom is 0.309 e. The third kappa shape index (κ3) is 4.89. The summed E-state index contributed by atoms with van der Waals surface area (Å²) in [4.78, 5) is 14.3. The Kier molecular flexibility index (Phi) is 7.74. The van der Waals surface area contributed by atoms with Gasteiger partial charge in [0.1, 0.15) is 11.4 Å². The summed E-state index contributed by atoms with van der Waals surface area (Å²) in [6.07, 6.45) is 2.11. The lowest BCUT2D eigenvalue weighted by Gasteiger charge is -2.44. The van der Waals surface area contributed by atoms with Gasteiger partial charge < -0.3 is 24.6 Å². The van der Waals surface area contributed by atoms with E-state index in [1.165, 1.54) is 26.4 Å². The Morgan fingerprint density at radius 3 is 2.38 bits per heavy atom. The Bertz CT molecular complexity index is 911. The number of piperidine rings is 1. The molecule has 0 aromatic heterocycles. The molecule has 174 valence electrons. The largest absolute Gasteiger partial charge is 0.493 e. The maximum atomic E-state index is 13.1. The van der Waals surface area contributed by atoms with Gasteiger partial charge in [-0.3, -0.25) is 4.79 Å². The quantitative estimate of drug-likeness (QED) is 0.613. The average molecular weight is 446 g/mol. The van der Waals surface area contributed by atoms with Crippen LogP contribution in [0.15, 0.2) is 42.5 Å². The normalized spacial score (nSPS) is 18.0. The highest BCUT2D eigenvalue weighted by molar-refractivity contribution is 5.72. The van der Waals surface area contributed by atoms with Gasteiger partial charge in [-0.25, -0.2) is 4.39 Å². The molecule has 2 aromatic carbocycles. The van der Waals surface area contributed by atoms with Crippen molar-refractivity contribution in [2.75, 3.05) is 33.9 Å². The molecule has 1 aliphatic rings. The molecule has 6 nitrogen and oxygen atoms in total. The SMILES string of the molecule is COc1cccc(C(O)(C2CCN(CCc3ccc(F)cc3)CC2)C(C)C(=O)O)c1OC. The number of likely N-dealkylation sites (tertiary alicyclic amines) is 1. The van der Waals surface area contributed by atoms with Crippen molar-refractivity contribution in [3.05, 3.63) is 59.4 Å². The number of rotatable bonds is 9. The molecule has 0 saturated carbocycles. The van der Waals surface area contributed by atoms with Crippen molar-refractivity contribution in [1.82, 2.24) is 4.90 Å². The number of carboxylic acids is 1. The zero-order valence-electron chi connectivity index (χ0n) is 18.9. The standard InChI is InChI=1S/C25H32FNO5/c1-17(24(28)29)25(30,21-5-4-6-22(31-2)23(21)32-3)19-12-15-27(16-13-19)14-11-18-7-9-20(26)10-8-18/h4-10,17,19,30H,11-16H2,1-3H3,(H,28,29). The van der Waals surface area contributed by atoms with E-state index in [0.717, 1.165) is 31.6 Å². The van der Waals surface area contributed by atoms with E-state index in [2.05, 4.69) is 4.90 Å². The van der Waals surface area contributed by atoms with Crippen LogP contribution in [0.3, 0.4) is 0 Å². The summed E-state index contributed by atoms with van der Waals surface area (Å²) < 4.78 is 24.0. The topological polar surface area (TPSA) is 79.2 Å². The van der Waals surface area contributed by atoms with Gasteiger partial charge in [0.2, 0.25) is 0 Å². The van der Waals surface area contributed by atoms with Crippen LogP contribution < -0.4 is 9.47 Å². The second-order valence-corrected chi connectivity index (χ2v) is 8.42. The first-order chi connectivity index (χ1) is 15.3. The van der Waals surface area contributed by atoms with Crippen LogP contribution in [-0.4, -0.2) is 54.9 Å². The number of nitrogens with zero attached hydrogens (tertiary/aromatic N) is 1. The van der Waals surface area contributed by atoms with Crippen molar-refractivity contribution in [2.24, 2.45) is 11.8 Å². The summed E-state index contributed by atoms with van der Waals surface area (Å²) in [6.45, 7) is 3.86. The summed E-state index contributed by atoms with van der Waals surface area (Å²) in [5, 5.41) is 21.7. The number of halogens is 1. The fraction of sp³-hybridized carbons (Fsp3) is 0.480. The van der Waals surface area contributed by atoms with E-state index >= 15 is 0 Å². The molecular formula is C25H32FNO5. The second kappa shape index (κ2) is 10.3. The number of methoxy groups -OCH3 is 2. The van der Waals surface area contributed by atoms with E-state index in [9.17, 15) is 19.4 Å². The summed E-state index contributed by atoms with van der Waals surface area (Å²) in [5.41, 5.74) is -0.0842. The Balaban J connectivity index is 1.78. The van der Waals surface area contributed by atoms with Gasteiger partial charge >= 0.3 is 5.97 Å². The fourth-order valence-corrected chi connectivity index (χ4v) is 4.73. The van der Waals surface area contributed by atoms with Gasteiger partial charge in [-0.15, -0.1) is 0 Å². The molecule has 0 amide bonds. The summed E-state index contributed by atoms with van der Waals surface area (Å²) in [6, 6.07) is 11.7. The van der Waals surface area contributed by atoms with Gasteiger partial charge in [0.05, 0.1) is 20.1 Å². The van der Waals surface area contributed by atoms with Crippen LogP contribution in [0.25, 0.3) is 0 Å². The summed E-state index contributed by atoms with van der Waals surface area (Å²) >= 11 is 0. The van der Waals surface area contributed by atoms with Crippen LogP contribution >= 0.6 is 0 Å².